The molecule has 0 N–H and O–H groups in total. The lowest BCUT2D eigenvalue weighted by Gasteiger charge is -2.33. The molecule has 340 valence electrons. The lowest BCUT2D eigenvalue weighted by molar-refractivity contribution is -0.123. The first-order valence-electron chi connectivity index (χ1n) is 23.4. The molecule has 0 aliphatic carbocycles. The highest BCUT2D eigenvalue weighted by Gasteiger charge is 2.48. The van der Waals surface area contributed by atoms with E-state index in [9.17, 15) is 9.59 Å². The normalized spacial score (nSPS) is 19.2. The van der Waals surface area contributed by atoms with E-state index in [1.165, 1.54) is 51.4 Å². The van der Waals surface area contributed by atoms with Crippen LogP contribution in [0.3, 0.4) is 0 Å². The fourth-order valence-corrected chi connectivity index (χ4v) is 8.06. The molecule has 6 rings (SSSR count). The van der Waals surface area contributed by atoms with Crippen LogP contribution in [0.4, 0.5) is 9.59 Å². The Kier molecular flexibility index (Phi) is 18.8. The second-order valence-corrected chi connectivity index (χ2v) is 16.5. The van der Waals surface area contributed by atoms with E-state index in [0.29, 0.717) is 49.2 Å². The van der Waals surface area contributed by atoms with Crippen LogP contribution in [0, 0.1) is 0 Å². The summed E-state index contributed by atoms with van der Waals surface area (Å²) in [7, 11) is 0. The van der Waals surface area contributed by atoms with Crippen LogP contribution in [0.2, 0.25) is 0 Å². The van der Waals surface area contributed by atoms with Crippen LogP contribution < -0.4 is 9.47 Å². The van der Waals surface area contributed by atoms with Gasteiger partial charge in [0.25, 0.3) is 0 Å². The summed E-state index contributed by atoms with van der Waals surface area (Å²) in [5, 5.41) is 0. The van der Waals surface area contributed by atoms with Gasteiger partial charge in [-0.2, -0.15) is 0 Å². The van der Waals surface area contributed by atoms with Gasteiger partial charge in [0.15, 0.2) is 35.4 Å². The third kappa shape index (κ3) is 13.8. The lowest BCUT2D eigenvalue weighted by atomic mass is 9.93. The maximum atomic E-state index is 12.7. The van der Waals surface area contributed by atoms with Crippen LogP contribution in [0.1, 0.15) is 154 Å². The number of unbranched alkanes of at least 4 members (excludes halogenated alkanes) is 10. The zero-order valence-electron chi connectivity index (χ0n) is 37.6. The molecule has 13 heteroatoms. The van der Waals surface area contributed by atoms with Gasteiger partial charge >= 0.3 is 12.3 Å². The molecule has 2 saturated heterocycles. The molecule has 13 nitrogen and oxygen atoms in total. The largest absolute Gasteiger partial charge is 0.509 e. The number of carbonyl (C=O) groups excluding carboxylic acids is 2. The van der Waals surface area contributed by atoms with Gasteiger partial charge in [0.2, 0.25) is 0 Å². The number of hydrogen-bond donors (Lipinski definition) is 0. The van der Waals surface area contributed by atoms with E-state index < -0.39 is 48.9 Å². The molecule has 2 aliphatic heterocycles. The molecule has 6 atom stereocenters. The van der Waals surface area contributed by atoms with Crippen molar-refractivity contribution in [3.8, 4) is 34.3 Å². The molecule has 0 bridgehead atoms. The fraction of sp³-hybridized carbons (Fsp3) is 0.560. The van der Waals surface area contributed by atoms with Crippen molar-refractivity contribution < 1.29 is 42.7 Å². The van der Waals surface area contributed by atoms with Crippen molar-refractivity contribution in [1.29, 1.82) is 0 Å². The van der Waals surface area contributed by atoms with Crippen LogP contribution >= 0.6 is 0 Å². The van der Waals surface area contributed by atoms with Crippen LogP contribution in [0.15, 0.2) is 73.3 Å². The zero-order valence-corrected chi connectivity index (χ0v) is 37.6. The predicted octanol–water partition coefficient (Wildman–Crippen LogP) is 12.3. The molecule has 0 radical (unpaired) electrons. The molecule has 2 fully saturated rings. The first-order chi connectivity index (χ1) is 30.9. The van der Waals surface area contributed by atoms with Crippen molar-refractivity contribution in [1.82, 2.24) is 19.9 Å². The highest BCUT2D eigenvalue weighted by Crippen LogP contribution is 2.42. The van der Waals surface area contributed by atoms with Crippen molar-refractivity contribution in [3.63, 3.8) is 0 Å². The van der Waals surface area contributed by atoms with E-state index in [-0.39, 0.29) is 0 Å². The summed E-state index contributed by atoms with van der Waals surface area (Å²) in [5.41, 5.74) is 3.04. The molecule has 0 amide bonds. The quantitative estimate of drug-likeness (QED) is 0.0394. The summed E-state index contributed by atoms with van der Waals surface area (Å²) in [4.78, 5) is 43.8. The Balaban J connectivity index is 1.21. The van der Waals surface area contributed by atoms with E-state index in [0.717, 1.165) is 60.8 Å². The van der Waals surface area contributed by atoms with Crippen LogP contribution in [0.25, 0.3) is 22.8 Å². The number of rotatable bonds is 28. The monoisotopic (exact) mass is 866 g/mol. The Morgan fingerprint density at radius 1 is 0.476 bits per heavy atom. The number of aromatic nitrogens is 4. The highest BCUT2D eigenvalue weighted by molar-refractivity contribution is 5.64. The fourth-order valence-electron chi connectivity index (χ4n) is 8.06. The van der Waals surface area contributed by atoms with Crippen molar-refractivity contribution in [3.05, 3.63) is 84.4 Å². The summed E-state index contributed by atoms with van der Waals surface area (Å²) < 4.78 is 42.0. The van der Waals surface area contributed by atoms with E-state index in [1.54, 1.807) is 24.8 Å². The second-order valence-electron chi connectivity index (χ2n) is 16.5. The number of cyclic esters (lactones) is 4. The Labute approximate surface area is 373 Å². The molecule has 63 heavy (non-hydrogen) atoms. The minimum absolute atomic E-state index is 0.542. The van der Waals surface area contributed by atoms with Gasteiger partial charge in [-0.1, -0.05) is 153 Å². The smallest absolute Gasteiger partial charge is 0.490 e. The number of nitrogens with zero attached hydrogens (tertiary/aromatic N) is 4. The minimum Gasteiger partial charge on any atom is -0.490 e. The number of ether oxygens (including phenoxy) is 7. The minimum atomic E-state index is -0.820. The van der Waals surface area contributed by atoms with Crippen LogP contribution in [-0.4, -0.2) is 69.9 Å². The maximum absolute atomic E-state index is 12.7. The van der Waals surface area contributed by atoms with Gasteiger partial charge in [0.05, 0.1) is 38.0 Å². The maximum Gasteiger partial charge on any atom is 0.509 e. The average Bonchev–Trinajstić information content (AvgIpc) is 3.87. The van der Waals surface area contributed by atoms with E-state index in [2.05, 4.69) is 33.8 Å². The summed E-state index contributed by atoms with van der Waals surface area (Å²) in [6.45, 7) is 9.75. The van der Waals surface area contributed by atoms with Crippen LogP contribution in [-0.2, 0) is 23.7 Å². The van der Waals surface area contributed by atoms with Crippen molar-refractivity contribution in [2.45, 2.75) is 167 Å². The summed E-state index contributed by atoms with van der Waals surface area (Å²) in [6.07, 6.45) is 17.9. The first kappa shape index (κ1) is 47.2. The van der Waals surface area contributed by atoms with Gasteiger partial charge in [-0.25, -0.2) is 29.5 Å². The Bertz CT molecular complexity index is 1810. The van der Waals surface area contributed by atoms with Gasteiger partial charge in [-0.15, -0.1) is 0 Å². The third-order valence-corrected chi connectivity index (χ3v) is 11.5. The number of benzene rings is 2. The van der Waals surface area contributed by atoms with Crippen molar-refractivity contribution >= 4 is 12.3 Å². The molecule has 0 saturated carbocycles. The standard InChI is InChI=1S/C50H66N4O9/c1-5-9-11-13-15-17-29-57-39-31-51-47(52-32-39)37-25-21-35(22-26-37)43(45-41(19-7-3)59-49(55)62-45)61-44(46-42(20-8-4)60-50(56)63-46)36-23-27-38(28-24-36)48-53-33-40(34-54-48)58-30-18-16-14-12-10-6-2/h21-28,31-34,41-46H,5-20,29-30H2,1-4H3/t41-,42-,43?,44?,45-,46-/m1/s1. The second kappa shape index (κ2) is 25.1. The predicted molar refractivity (Wildman–Crippen MR) is 239 cm³/mol. The van der Waals surface area contributed by atoms with Gasteiger partial charge < -0.3 is 33.2 Å². The molecule has 2 aromatic heterocycles. The molecular formula is C50H66N4O9. The summed E-state index contributed by atoms with van der Waals surface area (Å²) >= 11 is 0. The molecule has 0 spiro atoms. The summed E-state index contributed by atoms with van der Waals surface area (Å²) in [5.74, 6) is 2.35. The van der Waals surface area contributed by atoms with Gasteiger partial charge in [0, 0.05) is 11.1 Å². The Morgan fingerprint density at radius 2 is 0.841 bits per heavy atom. The molecular weight excluding hydrogens is 801 g/mol. The molecule has 4 aromatic rings. The SMILES string of the molecule is CCCCCCCCOc1cnc(-c2ccc(C(OC(c3ccc(-c4ncc(OCCCCCCCC)cn4)cc3)[C@@H]3OC(=O)O[C@@H]3CCC)[C@@H]3OC(=O)O[C@@H]3CCC)cc2)nc1. The topological polar surface area (TPSA) is 150 Å². The Hall–Kier alpha value is -5.30. The molecule has 2 unspecified atom stereocenters. The summed E-state index contributed by atoms with van der Waals surface area (Å²) in [6, 6.07) is 15.3. The van der Waals surface area contributed by atoms with Gasteiger partial charge in [-0.3, -0.25) is 0 Å². The molecule has 2 aromatic carbocycles. The third-order valence-electron chi connectivity index (χ3n) is 11.5. The highest BCUT2D eigenvalue weighted by atomic mass is 16.8. The zero-order chi connectivity index (χ0) is 44.2. The van der Waals surface area contributed by atoms with Gasteiger partial charge in [-0.05, 0) is 36.8 Å². The van der Waals surface area contributed by atoms with Gasteiger partial charge in [0.1, 0.15) is 24.4 Å². The number of hydrogen-bond acceptors (Lipinski definition) is 13. The van der Waals surface area contributed by atoms with E-state index in [1.807, 2.05) is 62.4 Å². The van der Waals surface area contributed by atoms with Crippen molar-refractivity contribution in [2.24, 2.45) is 0 Å². The molecule has 2 aliphatic rings. The first-order valence-corrected chi connectivity index (χ1v) is 23.4. The van der Waals surface area contributed by atoms with Crippen molar-refractivity contribution in [2.75, 3.05) is 13.2 Å². The van der Waals surface area contributed by atoms with E-state index >= 15 is 0 Å². The average molecular weight is 867 g/mol. The molecule has 4 heterocycles. The number of carbonyl (C=O) groups is 2. The Morgan fingerprint density at radius 3 is 1.21 bits per heavy atom. The lowest BCUT2D eigenvalue weighted by Crippen LogP contribution is -2.37. The van der Waals surface area contributed by atoms with Crippen LogP contribution in [0.5, 0.6) is 11.5 Å². The van der Waals surface area contributed by atoms with E-state index in [4.69, 9.17) is 33.2 Å².